The fraction of sp³-hybridized carbons (Fsp3) is 0.143. The van der Waals surface area contributed by atoms with E-state index in [1.54, 1.807) is 18.2 Å². The Bertz CT molecular complexity index is 546. The molecule has 0 aliphatic heterocycles. The highest BCUT2D eigenvalue weighted by molar-refractivity contribution is 6.29. The van der Waals surface area contributed by atoms with E-state index in [0.717, 1.165) is 5.56 Å². The number of nitrogens with zero attached hydrogens (tertiary/aromatic N) is 1. The molecule has 1 amide bonds. The van der Waals surface area contributed by atoms with Crippen LogP contribution in [0.3, 0.4) is 0 Å². The van der Waals surface area contributed by atoms with E-state index in [2.05, 4.69) is 10.3 Å². The summed E-state index contributed by atoms with van der Waals surface area (Å²) in [6.07, 6.45) is -0.481. The molecular weight excluding hydrogens is 264 g/mol. The van der Waals surface area contributed by atoms with Crippen molar-refractivity contribution in [2.45, 2.75) is 13.2 Å². The van der Waals surface area contributed by atoms with Gasteiger partial charge in [0.05, 0.1) is 12.2 Å². The molecule has 0 bridgehead atoms. The van der Waals surface area contributed by atoms with Gasteiger partial charge in [-0.15, -0.1) is 0 Å². The first-order valence-electron chi connectivity index (χ1n) is 5.80. The van der Waals surface area contributed by atoms with E-state index in [9.17, 15) is 4.79 Å². The Morgan fingerprint density at radius 3 is 2.68 bits per heavy atom. The second-order valence-electron chi connectivity index (χ2n) is 3.87. The number of hydrogen-bond donors (Lipinski definition) is 1. The molecule has 0 saturated carbocycles. The van der Waals surface area contributed by atoms with Gasteiger partial charge < -0.3 is 10.1 Å². The van der Waals surface area contributed by atoms with Crippen LogP contribution in [0.2, 0.25) is 5.15 Å². The van der Waals surface area contributed by atoms with Gasteiger partial charge in [0.25, 0.3) is 0 Å². The lowest BCUT2D eigenvalue weighted by atomic mass is 10.2. The van der Waals surface area contributed by atoms with Crippen molar-refractivity contribution in [2.75, 3.05) is 0 Å². The van der Waals surface area contributed by atoms with Crippen LogP contribution in [0, 0.1) is 0 Å². The molecule has 0 unspecified atom stereocenters. The summed E-state index contributed by atoms with van der Waals surface area (Å²) in [4.78, 5) is 15.5. The smallest absolute Gasteiger partial charge is 0.407 e. The second-order valence-corrected chi connectivity index (χ2v) is 4.25. The standard InChI is InChI=1S/C14H13ClN2O2/c15-13-8-4-7-12(17-13)9-16-14(18)19-10-11-5-2-1-3-6-11/h1-8H,9-10H2,(H,16,18). The SMILES string of the molecule is O=C(NCc1cccc(Cl)n1)OCc1ccccc1. The van der Waals surface area contributed by atoms with Crippen molar-refractivity contribution in [2.24, 2.45) is 0 Å². The fourth-order valence-corrected chi connectivity index (χ4v) is 1.67. The molecule has 0 saturated heterocycles. The molecule has 98 valence electrons. The van der Waals surface area contributed by atoms with Gasteiger partial charge in [0, 0.05) is 0 Å². The van der Waals surface area contributed by atoms with Crippen molar-refractivity contribution in [3.8, 4) is 0 Å². The maximum Gasteiger partial charge on any atom is 0.407 e. The molecule has 0 aliphatic carbocycles. The molecule has 4 nitrogen and oxygen atoms in total. The summed E-state index contributed by atoms with van der Waals surface area (Å²) in [7, 11) is 0. The van der Waals surface area contributed by atoms with Gasteiger partial charge in [-0.05, 0) is 17.7 Å². The highest BCUT2D eigenvalue weighted by Crippen LogP contribution is 2.05. The monoisotopic (exact) mass is 276 g/mol. The van der Waals surface area contributed by atoms with Crippen LogP contribution >= 0.6 is 11.6 Å². The Morgan fingerprint density at radius 1 is 1.16 bits per heavy atom. The van der Waals surface area contributed by atoms with Crippen molar-refractivity contribution in [1.82, 2.24) is 10.3 Å². The maximum atomic E-state index is 11.5. The zero-order valence-corrected chi connectivity index (χ0v) is 10.9. The minimum Gasteiger partial charge on any atom is -0.445 e. The predicted octanol–water partition coefficient (Wildman–Crippen LogP) is 3.16. The molecule has 2 rings (SSSR count). The van der Waals surface area contributed by atoms with Crippen molar-refractivity contribution in [1.29, 1.82) is 0 Å². The van der Waals surface area contributed by atoms with Gasteiger partial charge in [-0.2, -0.15) is 0 Å². The molecule has 1 heterocycles. The predicted molar refractivity (Wildman–Crippen MR) is 72.7 cm³/mol. The number of carbonyl (C=O) groups is 1. The number of hydrogen-bond acceptors (Lipinski definition) is 3. The number of ether oxygens (including phenoxy) is 1. The molecule has 0 aliphatic rings. The van der Waals surface area contributed by atoms with Gasteiger partial charge in [0.2, 0.25) is 0 Å². The third-order valence-electron chi connectivity index (χ3n) is 2.40. The number of rotatable bonds is 4. The number of nitrogens with one attached hydrogen (secondary N) is 1. The summed E-state index contributed by atoms with van der Waals surface area (Å²) in [5.74, 6) is 0. The third-order valence-corrected chi connectivity index (χ3v) is 2.61. The Hall–Kier alpha value is -2.07. The first-order chi connectivity index (χ1) is 9.24. The van der Waals surface area contributed by atoms with Crippen LogP contribution in [0.4, 0.5) is 4.79 Å². The van der Waals surface area contributed by atoms with Crippen LogP contribution in [-0.2, 0) is 17.9 Å². The Balaban J connectivity index is 1.76. The average molecular weight is 277 g/mol. The largest absolute Gasteiger partial charge is 0.445 e. The van der Waals surface area contributed by atoms with E-state index in [4.69, 9.17) is 16.3 Å². The maximum absolute atomic E-state index is 11.5. The Kier molecular flexibility index (Phi) is 4.75. The zero-order chi connectivity index (χ0) is 13.5. The summed E-state index contributed by atoms with van der Waals surface area (Å²) >= 11 is 5.75. The van der Waals surface area contributed by atoms with Crippen molar-refractivity contribution in [3.63, 3.8) is 0 Å². The number of benzene rings is 1. The summed E-state index contributed by atoms with van der Waals surface area (Å²) in [5, 5.41) is 3.01. The number of alkyl carbamates (subject to hydrolysis) is 1. The molecule has 0 fully saturated rings. The molecule has 2 aromatic rings. The molecule has 19 heavy (non-hydrogen) atoms. The summed E-state index contributed by atoms with van der Waals surface area (Å²) in [6, 6.07) is 14.7. The second kappa shape index (κ2) is 6.75. The van der Waals surface area contributed by atoms with Gasteiger partial charge in [0.15, 0.2) is 0 Å². The molecule has 5 heteroatoms. The Labute approximate surface area is 116 Å². The van der Waals surface area contributed by atoms with E-state index in [-0.39, 0.29) is 13.2 Å². The van der Waals surface area contributed by atoms with Gasteiger partial charge >= 0.3 is 6.09 Å². The van der Waals surface area contributed by atoms with E-state index in [1.165, 1.54) is 0 Å². The van der Waals surface area contributed by atoms with Crippen LogP contribution in [0.5, 0.6) is 0 Å². The topological polar surface area (TPSA) is 51.2 Å². The van der Waals surface area contributed by atoms with Crippen LogP contribution in [0.15, 0.2) is 48.5 Å². The summed E-state index contributed by atoms with van der Waals surface area (Å²) < 4.78 is 5.07. The summed E-state index contributed by atoms with van der Waals surface area (Å²) in [6.45, 7) is 0.532. The van der Waals surface area contributed by atoms with Crippen LogP contribution in [0.25, 0.3) is 0 Å². The Morgan fingerprint density at radius 2 is 1.95 bits per heavy atom. The molecule has 0 spiro atoms. The number of halogens is 1. The van der Waals surface area contributed by atoms with E-state index >= 15 is 0 Å². The van der Waals surface area contributed by atoms with E-state index in [0.29, 0.717) is 10.8 Å². The fourth-order valence-electron chi connectivity index (χ4n) is 1.49. The first-order valence-corrected chi connectivity index (χ1v) is 6.18. The van der Waals surface area contributed by atoms with E-state index < -0.39 is 6.09 Å². The lowest BCUT2D eigenvalue weighted by Crippen LogP contribution is -2.24. The minimum atomic E-state index is -0.481. The zero-order valence-electron chi connectivity index (χ0n) is 10.2. The minimum absolute atomic E-state index is 0.246. The molecule has 1 N–H and O–H groups in total. The molecule has 1 aromatic heterocycles. The van der Waals surface area contributed by atoms with Gasteiger partial charge in [0.1, 0.15) is 11.8 Å². The lowest BCUT2D eigenvalue weighted by Gasteiger charge is -2.06. The van der Waals surface area contributed by atoms with E-state index in [1.807, 2.05) is 30.3 Å². The summed E-state index contributed by atoms with van der Waals surface area (Å²) in [5.41, 5.74) is 1.63. The number of amides is 1. The normalized spacial score (nSPS) is 9.95. The third kappa shape index (κ3) is 4.60. The van der Waals surface area contributed by atoms with Gasteiger partial charge in [-0.3, -0.25) is 0 Å². The number of pyridine rings is 1. The number of carbonyl (C=O) groups excluding carboxylic acids is 1. The average Bonchev–Trinajstić information content (AvgIpc) is 2.44. The first kappa shape index (κ1) is 13.4. The highest BCUT2D eigenvalue weighted by Gasteiger charge is 2.03. The quantitative estimate of drug-likeness (QED) is 0.873. The van der Waals surface area contributed by atoms with Crippen molar-refractivity contribution in [3.05, 3.63) is 64.9 Å². The van der Waals surface area contributed by atoms with Crippen LogP contribution < -0.4 is 5.32 Å². The molecule has 0 atom stereocenters. The highest BCUT2D eigenvalue weighted by atomic mass is 35.5. The van der Waals surface area contributed by atoms with Crippen molar-refractivity contribution < 1.29 is 9.53 Å². The van der Waals surface area contributed by atoms with Gasteiger partial charge in [-0.1, -0.05) is 48.0 Å². The van der Waals surface area contributed by atoms with Crippen LogP contribution in [0.1, 0.15) is 11.3 Å². The van der Waals surface area contributed by atoms with Crippen LogP contribution in [-0.4, -0.2) is 11.1 Å². The lowest BCUT2D eigenvalue weighted by molar-refractivity contribution is 0.139. The van der Waals surface area contributed by atoms with Gasteiger partial charge in [-0.25, -0.2) is 9.78 Å². The molecule has 0 radical (unpaired) electrons. The molecule has 1 aromatic carbocycles. The van der Waals surface area contributed by atoms with Crippen molar-refractivity contribution >= 4 is 17.7 Å². The number of aromatic nitrogens is 1. The molecular formula is C14H13ClN2O2.